The van der Waals surface area contributed by atoms with E-state index in [9.17, 15) is 19.2 Å². The summed E-state index contributed by atoms with van der Waals surface area (Å²) in [6, 6.07) is 3.29. The van der Waals surface area contributed by atoms with Gasteiger partial charge in [-0.2, -0.15) is 0 Å². The molecule has 0 aliphatic carbocycles. The number of nitrogens with two attached hydrogens (primary N) is 1. The third-order valence-corrected chi connectivity index (χ3v) is 4.45. The normalized spacial score (nSPS) is 12.8. The first-order valence-corrected chi connectivity index (χ1v) is 10.9. The standard InChI is InChI=1S/C22H35N5O7/c1-13(2)17(27-21(31)33-22(3,4)5)19(29)26-16(7-6-12-24-20(23)30)18(28)25-14-8-10-15(34-32)11-9-14/h8-11,13,16-17,32H,6-7,12H2,1-5H3,(H,25,28)(H,26,29)(H,27,31)(H3,23,24,30)/t16-,17-/m0/s1. The fraction of sp³-hybridized carbons (Fsp3) is 0.545. The van der Waals surface area contributed by atoms with Crippen LogP contribution < -0.4 is 31.9 Å². The maximum Gasteiger partial charge on any atom is 0.408 e. The van der Waals surface area contributed by atoms with Gasteiger partial charge in [-0.05, 0) is 63.8 Å². The third kappa shape index (κ3) is 10.9. The molecule has 12 nitrogen and oxygen atoms in total. The number of carbonyl (C=O) groups excluding carboxylic acids is 4. The number of amides is 5. The lowest BCUT2D eigenvalue weighted by Crippen LogP contribution is -2.55. The van der Waals surface area contributed by atoms with Crippen LogP contribution in [-0.2, 0) is 14.3 Å². The van der Waals surface area contributed by atoms with Crippen molar-refractivity contribution in [1.29, 1.82) is 0 Å². The van der Waals surface area contributed by atoms with E-state index in [4.69, 9.17) is 15.7 Å². The molecule has 0 spiro atoms. The SMILES string of the molecule is CC(C)[C@H](NC(=O)OC(C)(C)C)C(=O)N[C@@H](CCCNC(N)=O)C(=O)Nc1ccc(OO)cc1. The number of urea groups is 1. The van der Waals surface area contributed by atoms with E-state index in [2.05, 4.69) is 26.2 Å². The molecule has 2 atom stereocenters. The number of hydrogen-bond acceptors (Lipinski definition) is 7. The summed E-state index contributed by atoms with van der Waals surface area (Å²) in [5, 5.41) is 19.0. The summed E-state index contributed by atoms with van der Waals surface area (Å²) in [6.07, 6.45) is -0.212. The van der Waals surface area contributed by atoms with Gasteiger partial charge in [0.25, 0.3) is 0 Å². The molecule has 0 unspecified atom stereocenters. The van der Waals surface area contributed by atoms with Gasteiger partial charge in [-0.3, -0.25) is 9.59 Å². The summed E-state index contributed by atoms with van der Waals surface area (Å²) in [5.41, 5.74) is 4.73. The van der Waals surface area contributed by atoms with E-state index in [1.165, 1.54) is 24.3 Å². The molecular weight excluding hydrogens is 446 g/mol. The topological polar surface area (TPSA) is 181 Å². The number of benzene rings is 1. The molecule has 0 bridgehead atoms. The molecule has 5 amide bonds. The summed E-state index contributed by atoms with van der Waals surface area (Å²) >= 11 is 0. The van der Waals surface area contributed by atoms with Crippen LogP contribution in [-0.4, -0.2) is 53.4 Å². The van der Waals surface area contributed by atoms with E-state index in [0.29, 0.717) is 12.1 Å². The molecule has 12 heteroatoms. The largest absolute Gasteiger partial charge is 0.444 e. The van der Waals surface area contributed by atoms with Crippen LogP contribution in [0.3, 0.4) is 0 Å². The van der Waals surface area contributed by atoms with Crippen LogP contribution in [0.5, 0.6) is 5.75 Å². The van der Waals surface area contributed by atoms with Crippen molar-refractivity contribution in [3.05, 3.63) is 24.3 Å². The Bertz CT molecular complexity index is 837. The van der Waals surface area contributed by atoms with Gasteiger partial charge in [0.15, 0.2) is 5.75 Å². The molecule has 1 aromatic carbocycles. The highest BCUT2D eigenvalue weighted by Crippen LogP contribution is 2.16. The number of rotatable bonds is 11. The lowest BCUT2D eigenvalue weighted by molar-refractivity contribution is -0.137. The highest BCUT2D eigenvalue weighted by Gasteiger charge is 2.30. The number of carbonyl (C=O) groups is 4. The molecule has 7 N–H and O–H groups in total. The monoisotopic (exact) mass is 481 g/mol. The van der Waals surface area contributed by atoms with Crippen molar-refractivity contribution in [3.63, 3.8) is 0 Å². The second-order valence-corrected chi connectivity index (χ2v) is 8.97. The molecule has 1 aromatic rings. The van der Waals surface area contributed by atoms with Crippen LogP contribution in [0.2, 0.25) is 0 Å². The Morgan fingerprint density at radius 2 is 1.65 bits per heavy atom. The van der Waals surface area contributed by atoms with Gasteiger partial charge in [0.2, 0.25) is 11.8 Å². The molecular formula is C22H35N5O7. The summed E-state index contributed by atoms with van der Waals surface area (Å²) in [6.45, 7) is 8.82. The van der Waals surface area contributed by atoms with Gasteiger partial charge >= 0.3 is 12.1 Å². The minimum Gasteiger partial charge on any atom is -0.444 e. The molecule has 0 radical (unpaired) electrons. The Morgan fingerprint density at radius 1 is 1.03 bits per heavy atom. The van der Waals surface area contributed by atoms with Gasteiger partial charge in [0, 0.05) is 12.2 Å². The molecule has 1 rings (SSSR count). The average Bonchev–Trinajstić information content (AvgIpc) is 2.72. The summed E-state index contributed by atoms with van der Waals surface area (Å²) in [5.74, 6) is -1.18. The number of anilines is 1. The predicted octanol–water partition coefficient (Wildman–Crippen LogP) is 1.96. The van der Waals surface area contributed by atoms with Crippen LogP contribution in [0.25, 0.3) is 0 Å². The zero-order valence-corrected chi connectivity index (χ0v) is 20.1. The van der Waals surface area contributed by atoms with Crippen molar-refractivity contribution in [3.8, 4) is 5.75 Å². The van der Waals surface area contributed by atoms with Gasteiger partial charge < -0.3 is 36.6 Å². The highest BCUT2D eigenvalue weighted by atomic mass is 17.1. The van der Waals surface area contributed by atoms with Crippen molar-refractivity contribution < 1.29 is 34.1 Å². The van der Waals surface area contributed by atoms with E-state index >= 15 is 0 Å². The second-order valence-electron chi connectivity index (χ2n) is 8.97. The Morgan fingerprint density at radius 3 is 2.15 bits per heavy atom. The van der Waals surface area contributed by atoms with Gasteiger partial charge in [0.05, 0.1) is 0 Å². The quantitative estimate of drug-likeness (QED) is 0.159. The smallest absolute Gasteiger partial charge is 0.408 e. The molecule has 0 fully saturated rings. The average molecular weight is 482 g/mol. The first-order valence-electron chi connectivity index (χ1n) is 10.9. The molecule has 0 aliphatic heterocycles. The van der Waals surface area contributed by atoms with Crippen LogP contribution in [0.1, 0.15) is 47.5 Å². The number of nitrogens with one attached hydrogen (secondary N) is 4. The van der Waals surface area contributed by atoms with E-state index in [1.54, 1.807) is 34.6 Å². The number of hydrogen-bond donors (Lipinski definition) is 6. The van der Waals surface area contributed by atoms with Crippen LogP contribution >= 0.6 is 0 Å². The van der Waals surface area contributed by atoms with Crippen molar-refractivity contribution in [2.24, 2.45) is 11.7 Å². The highest BCUT2D eigenvalue weighted by molar-refractivity contribution is 5.98. The minimum atomic E-state index is -0.974. The molecule has 0 aliphatic rings. The zero-order chi connectivity index (χ0) is 25.9. The zero-order valence-electron chi connectivity index (χ0n) is 20.1. The lowest BCUT2D eigenvalue weighted by Gasteiger charge is -2.27. The fourth-order valence-electron chi connectivity index (χ4n) is 2.85. The second kappa shape index (κ2) is 13.2. The summed E-state index contributed by atoms with van der Waals surface area (Å²) < 4.78 is 5.23. The van der Waals surface area contributed by atoms with Gasteiger partial charge in [-0.25, -0.2) is 14.8 Å². The predicted molar refractivity (Wildman–Crippen MR) is 125 cm³/mol. The Kier molecular flexibility index (Phi) is 11.1. The third-order valence-electron chi connectivity index (χ3n) is 4.45. The van der Waals surface area contributed by atoms with Gasteiger partial charge in [-0.1, -0.05) is 13.8 Å². The molecule has 190 valence electrons. The Labute approximate surface area is 198 Å². The van der Waals surface area contributed by atoms with Crippen LogP contribution in [0.4, 0.5) is 15.3 Å². The number of ether oxygens (including phenoxy) is 1. The summed E-state index contributed by atoms with van der Waals surface area (Å²) in [4.78, 5) is 53.1. The van der Waals surface area contributed by atoms with Crippen molar-refractivity contribution >= 4 is 29.6 Å². The molecule has 0 aromatic heterocycles. The van der Waals surface area contributed by atoms with Crippen molar-refractivity contribution in [2.75, 3.05) is 11.9 Å². The maximum absolute atomic E-state index is 13.0. The Balaban J connectivity index is 2.92. The summed E-state index contributed by atoms with van der Waals surface area (Å²) in [7, 11) is 0. The van der Waals surface area contributed by atoms with E-state index < -0.39 is 41.6 Å². The van der Waals surface area contributed by atoms with Gasteiger partial charge in [-0.15, -0.1) is 0 Å². The number of primary amides is 1. The minimum absolute atomic E-state index is 0.187. The molecule has 0 saturated carbocycles. The van der Waals surface area contributed by atoms with Crippen molar-refractivity contribution in [2.45, 2.75) is 65.1 Å². The van der Waals surface area contributed by atoms with Gasteiger partial charge in [0.1, 0.15) is 17.7 Å². The van der Waals surface area contributed by atoms with Crippen LogP contribution in [0, 0.1) is 5.92 Å². The molecule has 0 heterocycles. The first kappa shape index (κ1) is 28.5. The molecule has 34 heavy (non-hydrogen) atoms. The van der Waals surface area contributed by atoms with E-state index in [1.807, 2.05) is 0 Å². The maximum atomic E-state index is 13.0. The number of alkyl carbamates (subject to hydrolysis) is 1. The van der Waals surface area contributed by atoms with Crippen molar-refractivity contribution in [1.82, 2.24) is 16.0 Å². The van der Waals surface area contributed by atoms with E-state index in [-0.39, 0.29) is 24.6 Å². The first-order chi connectivity index (χ1) is 15.8. The Hall–Kier alpha value is -3.54. The molecule has 0 saturated heterocycles. The lowest BCUT2D eigenvalue weighted by atomic mass is 10.0. The van der Waals surface area contributed by atoms with E-state index in [0.717, 1.165) is 0 Å². The fourth-order valence-corrected chi connectivity index (χ4v) is 2.85. The van der Waals surface area contributed by atoms with Crippen LogP contribution in [0.15, 0.2) is 24.3 Å².